The van der Waals surface area contributed by atoms with Crippen LogP contribution in [0.3, 0.4) is 0 Å². The Morgan fingerprint density at radius 1 is 1.23 bits per heavy atom. The van der Waals surface area contributed by atoms with E-state index >= 15 is 0 Å². The lowest BCUT2D eigenvalue weighted by molar-refractivity contribution is -0.182. The summed E-state index contributed by atoms with van der Waals surface area (Å²) in [5.74, 6) is -3.08. The van der Waals surface area contributed by atoms with Crippen molar-refractivity contribution in [2.75, 3.05) is 5.32 Å². The molecule has 1 aliphatic carbocycles. The number of allylic oxidation sites excluding steroid dienone is 1. The Morgan fingerprint density at radius 3 is 2.50 bits per heavy atom. The highest BCUT2D eigenvalue weighted by Gasteiger charge is 2.59. The number of carbonyl (C=O) groups excluding carboxylic acids is 1. The average Bonchev–Trinajstić information content (AvgIpc) is 3.23. The zero-order valence-corrected chi connectivity index (χ0v) is 11.1. The third kappa shape index (κ3) is 2.22. The molecule has 1 aromatic rings. The fraction of sp³-hybridized carbons (Fsp3) is 0.357. The second kappa shape index (κ2) is 4.69. The first kappa shape index (κ1) is 14.8. The number of hydrogen-bond acceptors (Lipinski definition) is 1. The van der Waals surface area contributed by atoms with E-state index in [1.807, 2.05) is 0 Å². The normalized spacial score (nSPS) is 24.9. The van der Waals surface area contributed by atoms with Crippen LogP contribution in [0.2, 0.25) is 0 Å². The van der Waals surface area contributed by atoms with Gasteiger partial charge in [-0.05, 0) is 37.0 Å². The first-order valence-electron chi connectivity index (χ1n) is 6.58. The molecular weight excluding hydrogens is 307 g/mol. The molecular formula is C14H11F5N2O. The van der Waals surface area contributed by atoms with E-state index in [1.54, 1.807) is 5.32 Å². The quantitative estimate of drug-likeness (QED) is 0.631. The number of benzene rings is 1. The highest BCUT2D eigenvalue weighted by Crippen LogP contribution is 2.47. The number of urea groups is 1. The van der Waals surface area contributed by atoms with Crippen molar-refractivity contribution < 1.29 is 26.7 Å². The molecule has 3 nitrogen and oxygen atoms in total. The van der Waals surface area contributed by atoms with Gasteiger partial charge in [0.15, 0.2) is 17.2 Å². The molecule has 2 N–H and O–H groups in total. The van der Waals surface area contributed by atoms with Crippen LogP contribution in [0.4, 0.5) is 32.4 Å². The Bertz CT molecular complexity index is 666. The van der Waals surface area contributed by atoms with E-state index in [0.717, 1.165) is 18.9 Å². The molecule has 1 atom stereocenters. The van der Waals surface area contributed by atoms with E-state index in [4.69, 9.17) is 0 Å². The largest absolute Gasteiger partial charge is 0.419 e. The lowest BCUT2D eigenvalue weighted by Gasteiger charge is -2.39. The SMILES string of the molecule is O=C1Nc2ccc(F)c(F)c2[C@@](C=CC2CC2)(C(F)(F)F)N1. The molecule has 8 heteroatoms. The summed E-state index contributed by atoms with van der Waals surface area (Å²) in [4.78, 5) is 11.6. The zero-order chi connectivity index (χ0) is 16.1. The Balaban J connectivity index is 2.25. The summed E-state index contributed by atoms with van der Waals surface area (Å²) in [6, 6.07) is 0.458. The maximum absolute atomic E-state index is 14.1. The van der Waals surface area contributed by atoms with Crippen LogP contribution in [-0.4, -0.2) is 12.2 Å². The molecule has 22 heavy (non-hydrogen) atoms. The van der Waals surface area contributed by atoms with Crippen molar-refractivity contribution in [3.8, 4) is 0 Å². The Labute approximate surface area is 122 Å². The molecule has 0 aromatic heterocycles. The minimum absolute atomic E-state index is 0.0360. The third-order valence-corrected chi connectivity index (χ3v) is 3.74. The Morgan fingerprint density at radius 2 is 1.91 bits per heavy atom. The fourth-order valence-corrected chi connectivity index (χ4v) is 2.44. The van der Waals surface area contributed by atoms with Crippen LogP contribution in [-0.2, 0) is 5.54 Å². The summed E-state index contributed by atoms with van der Waals surface area (Å²) in [6.07, 6.45) is -1.57. The van der Waals surface area contributed by atoms with Gasteiger partial charge in [0.25, 0.3) is 0 Å². The molecule has 0 saturated heterocycles. The number of anilines is 1. The van der Waals surface area contributed by atoms with Crippen molar-refractivity contribution >= 4 is 11.7 Å². The molecule has 2 amide bonds. The highest BCUT2D eigenvalue weighted by molar-refractivity contribution is 5.94. The molecule has 0 bridgehead atoms. The van der Waals surface area contributed by atoms with E-state index in [1.165, 1.54) is 6.08 Å². The van der Waals surface area contributed by atoms with Crippen molar-refractivity contribution in [1.82, 2.24) is 5.32 Å². The number of alkyl halides is 3. The zero-order valence-electron chi connectivity index (χ0n) is 11.1. The average molecular weight is 318 g/mol. The predicted molar refractivity (Wildman–Crippen MR) is 68.1 cm³/mol. The Hall–Kier alpha value is -2.12. The fourth-order valence-electron chi connectivity index (χ4n) is 2.44. The predicted octanol–water partition coefficient (Wildman–Crippen LogP) is 3.82. The minimum atomic E-state index is -5.03. The van der Waals surface area contributed by atoms with E-state index in [0.29, 0.717) is 12.1 Å². The van der Waals surface area contributed by atoms with Crippen LogP contribution in [0.15, 0.2) is 24.3 Å². The molecule has 1 heterocycles. The van der Waals surface area contributed by atoms with Gasteiger partial charge >= 0.3 is 12.2 Å². The van der Waals surface area contributed by atoms with Crippen LogP contribution in [0, 0.1) is 17.6 Å². The monoisotopic (exact) mass is 318 g/mol. The molecule has 1 aromatic carbocycles. The molecule has 3 rings (SSSR count). The Kier molecular flexibility index (Phi) is 3.15. The molecule has 1 fully saturated rings. The molecule has 0 radical (unpaired) electrons. The lowest BCUT2D eigenvalue weighted by Crippen LogP contribution is -2.59. The van der Waals surface area contributed by atoms with Gasteiger partial charge in [-0.2, -0.15) is 13.2 Å². The van der Waals surface area contributed by atoms with Gasteiger partial charge in [-0.1, -0.05) is 6.08 Å². The first-order valence-corrected chi connectivity index (χ1v) is 6.58. The van der Waals surface area contributed by atoms with Crippen LogP contribution < -0.4 is 10.6 Å². The number of carbonyl (C=O) groups is 1. The smallest absolute Gasteiger partial charge is 0.316 e. The van der Waals surface area contributed by atoms with E-state index in [2.05, 4.69) is 5.32 Å². The second-order valence-corrected chi connectivity index (χ2v) is 5.37. The van der Waals surface area contributed by atoms with Crippen molar-refractivity contribution in [3.05, 3.63) is 41.5 Å². The van der Waals surface area contributed by atoms with E-state index < -0.39 is 40.6 Å². The van der Waals surface area contributed by atoms with E-state index in [-0.39, 0.29) is 5.92 Å². The maximum Gasteiger partial charge on any atom is 0.419 e. The summed E-state index contributed by atoms with van der Waals surface area (Å²) >= 11 is 0. The van der Waals surface area contributed by atoms with Gasteiger partial charge in [-0.15, -0.1) is 0 Å². The van der Waals surface area contributed by atoms with Gasteiger partial charge in [0.05, 0.1) is 11.3 Å². The molecule has 118 valence electrons. The summed E-state index contributed by atoms with van der Waals surface area (Å²) in [5.41, 5.74) is -4.45. The standard InChI is InChI=1S/C14H11F5N2O/c15-8-3-4-9-10(11(8)16)13(14(17,18)19,21-12(22)20-9)6-5-7-1-2-7/h3-7H,1-2H2,(H2,20,21,22)/t13-/m0/s1. The van der Waals surface area contributed by atoms with Crippen LogP contribution >= 0.6 is 0 Å². The molecule has 1 aliphatic heterocycles. The first-order chi connectivity index (χ1) is 10.2. The summed E-state index contributed by atoms with van der Waals surface area (Å²) < 4.78 is 68.5. The highest BCUT2D eigenvalue weighted by atomic mass is 19.4. The number of nitrogens with one attached hydrogen (secondary N) is 2. The van der Waals surface area contributed by atoms with Crippen molar-refractivity contribution in [2.45, 2.75) is 24.6 Å². The van der Waals surface area contributed by atoms with Crippen LogP contribution in [0.5, 0.6) is 0 Å². The number of hydrogen-bond donors (Lipinski definition) is 2. The number of amides is 2. The van der Waals surface area contributed by atoms with E-state index in [9.17, 15) is 26.7 Å². The number of fused-ring (bicyclic) bond motifs is 1. The van der Waals surface area contributed by atoms with Crippen molar-refractivity contribution in [3.63, 3.8) is 0 Å². The lowest BCUT2D eigenvalue weighted by atomic mass is 9.84. The van der Waals surface area contributed by atoms with Gasteiger partial charge in [0.2, 0.25) is 0 Å². The molecule has 0 spiro atoms. The van der Waals surface area contributed by atoms with Crippen molar-refractivity contribution in [2.24, 2.45) is 5.92 Å². The summed E-state index contributed by atoms with van der Waals surface area (Å²) in [6.45, 7) is 0. The van der Waals surface area contributed by atoms with Gasteiger partial charge < -0.3 is 10.6 Å². The second-order valence-electron chi connectivity index (χ2n) is 5.37. The number of halogens is 5. The van der Waals surface area contributed by atoms with Gasteiger partial charge in [-0.3, -0.25) is 0 Å². The van der Waals surface area contributed by atoms with Gasteiger partial charge in [-0.25, -0.2) is 13.6 Å². The summed E-state index contributed by atoms with van der Waals surface area (Å²) in [7, 11) is 0. The topological polar surface area (TPSA) is 41.1 Å². The summed E-state index contributed by atoms with van der Waals surface area (Å²) in [5, 5.41) is 3.78. The van der Waals surface area contributed by atoms with Crippen molar-refractivity contribution in [1.29, 1.82) is 0 Å². The minimum Gasteiger partial charge on any atom is -0.316 e. The number of rotatable bonds is 2. The van der Waals surface area contributed by atoms with Gasteiger partial charge in [0.1, 0.15) is 0 Å². The van der Waals surface area contributed by atoms with Crippen LogP contribution in [0.25, 0.3) is 0 Å². The van der Waals surface area contributed by atoms with Gasteiger partial charge in [0, 0.05) is 0 Å². The van der Waals surface area contributed by atoms with Crippen LogP contribution in [0.1, 0.15) is 18.4 Å². The molecule has 2 aliphatic rings. The molecule has 1 saturated carbocycles. The maximum atomic E-state index is 14.1. The third-order valence-electron chi connectivity index (χ3n) is 3.74. The molecule has 0 unspecified atom stereocenters.